The number of pyridine rings is 1. The molecule has 4 nitrogen and oxygen atoms in total. The van der Waals surface area contributed by atoms with E-state index in [4.69, 9.17) is 22.1 Å². The molecule has 0 spiro atoms. The number of nitrogens with two attached hydrogens (primary N) is 1. The average molecular weight is 345 g/mol. The van der Waals surface area contributed by atoms with Crippen LogP contribution in [0.4, 0.5) is 18.9 Å². The van der Waals surface area contributed by atoms with Crippen LogP contribution in [0.25, 0.3) is 11.3 Å². The van der Waals surface area contributed by atoms with Crippen LogP contribution in [0.3, 0.4) is 0 Å². The van der Waals surface area contributed by atoms with Gasteiger partial charge in [-0.05, 0) is 30.7 Å². The number of halogens is 4. The van der Waals surface area contributed by atoms with Gasteiger partial charge in [0.05, 0.1) is 16.9 Å². The molecule has 1 aromatic heterocycles. The summed E-state index contributed by atoms with van der Waals surface area (Å²) in [6.45, 7) is 2.71. The fraction of sp³-hybridized carbons (Fsp3) is 0.200. The van der Waals surface area contributed by atoms with Crippen molar-refractivity contribution in [3.8, 4) is 17.1 Å². The minimum Gasteiger partial charge on any atom is -0.405 e. The average Bonchev–Trinajstić information content (AvgIpc) is 2.39. The van der Waals surface area contributed by atoms with Gasteiger partial charge in [0, 0.05) is 17.5 Å². The van der Waals surface area contributed by atoms with Crippen LogP contribution in [-0.4, -0.2) is 11.0 Å². The molecule has 0 bridgehead atoms. The summed E-state index contributed by atoms with van der Waals surface area (Å²) in [5.41, 5.74) is 4.46. The number of rotatable bonds is 2. The molecule has 0 aliphatic heterocycles. The molecule has 2 N–H and O–H groups in total. The van der Waals surface area contributed by atoms with Crippen molar-refractivity contribution in [1.82, 2.24) is 4.98 Å². The number of alkyl halides is 3. The van der Waals surface area contributed by atoms with E-state index in [1.165, 1.54) is 18.2 Å². The second-order valence-corrected chi connectivity index (χ2v) is 5.27. The zero-order valence-electron chi connectivity index (χ0n) is 12.2. The van der Waals surface area contributed by atoms with Crippen molar-refractivity contribution >= 4 is 23.3 Å². The molecule has 2 aromatic rings. The first kappa shape index (κ1) is 17.1. The Morgan fingerprint density at radius 1 is 1.30 bits per heavy atom. The molecule has 1 aromatic carbocycles. The van der Waals surface area contributed by atoms with Crippen LogP contribution in [0.15, 0.2) is 24.3 Å². The van der Waals surface area contributed by atoms with Crippen LogP contribution in [0.2, 0.25) is 5.02 Å². The molecular formula is C15H12ClF3N2O2. The molecule has 0 fully saturated rings. The number of carbonyl (C=O) groups excluding carboxylic acids is 1. The maximum atomic E-state index is 13.3. The zero-order valence-corrected chi connectivity index (χ0v) is 12.9. The van der Waals surface area contributed by atoms with Gasteiger partial charge in [-0.2, -0.15) is 13.2 Å². The Labute approximate surface area is 135 Å². The van der Waals surface area contributed by atoms with Gasteiger partial charge in [0.2, 0.25) is 5.88 Å². The number of ether oxygens (including phenoxy) is 1. The third-order valence-corrected chi connectivity index (χ3v) is 3.24. The monoisotopic (exact) mass is 344 g/mol. The van der Waals surface area contributed by atoms with Crippen LogP contribution in [0, 0.1) is 6.92 Å². The van der Waals surface area contributed by atoms with E-state index >= 15 is 0 Å². The number of aromatic nitrogens is 1. The zero-order chi connectivity index (χ0) is 17.4. The van der Waals surface area contributed by atoms with Crippen LogP contribution >= 0.6 is 11.6 Å². The smallest absolute Gasteiger partial charge is 0.405 e. The molecule has 0 aliphatic rings. The fourth-order valence-electron chi connectivity index (χ4n) is 2.04. The van der Waals surface area contributed by atoms with E-state index in [1.54, 1.807) is 6.92 Å². The number of nitrogen functional groups attached to an aromatic ring is 1. The molecular weight excluding hydrogens is 333 g/mol. The van der Waals surface area contributed by atoms with Gasteiger partial charge in [-0.25, -0.2) is 4.98 Å². The molecule has 0 radical (unpaired) electrons. The van der Waals surface area contributed by atoms with Crippen molar-refractivity contribution in [3.05, 3.63) is 40.4 Å². The molecule has 0 amide bonds. The number of aryl methyl sites for hydroxylation is 1. The number of hydrogen-bond acceptors (Lipinski definition) is 4. The molecule has 8 heteroatoms. The van der Waals surface area contributed by atoms with E-state index in [1.807, 2.05) is 0 Å². The van der Waals surface area contributed by atoms with Crippen LogP contribution in [0.1, 0.15) is 18.1 Å². The maximum Gasteiger partial charge on any atom is 0.418 e. The van der Waals surface area contributed by atoms with Crippen LogP contribution < -0.4 is 10.5 Å². The molecule has 0 atom stereocenters. The van der Waals surface area contributed by atoms with E-state index in [0.29, 0.717) is 16.7 Å². The topological polar surface area (TPSA) is 65.2 Å². The number of esters is 1. The summed E-state index contributed by atoms with van der Waals surface area (Å²) in [6.07, 6.45) is -4.67. The predicted molar refractivity (Wildman–Crippen MR) is 80.1 cm³/mol. The highest BCUT2D eigenvalue weighted by atomic mass is 35.5. The van der Waals surface area contributed by atoms with Gasteiger partial charge in [-0.15, -0.1) is 0 Å². The predicted octanol–water partition coefficient (Wildman–Crippen LogP) is 4.24. The molecule has 0 saturated carbocycles. The molecule has 0 aliphatic carbocycles. The summed E-state index contributed by atoms with van der Waals surface area (Å²) in [5, 5.41) is 0.385. The van der Waals surface area contributed by atoms with Gasteiger partial charge in [-0.1, -0.05) is 17.7 Å². The number of anilines is 1. The van der Waals surface area contributed by atoms with Gasteiger partial charge in [0.25, 0.3) is 0 Å². The number of nitrogens with zero attached hydrogens (tertiary/aromatic N) is 1. The van der Waals surface area contributed by atoms with E-state index in [0.717, 1.165) is 6.92 Å². The molecule has 2 rings (SSSR count). The second kappa shape index (κ2) is 6.08. The maximum absolute atomic E-state index is 13.3. The van der Waals surface area contributed by atoms with Crippen molar-refractivity contribution in [2.45, 2.75) is 20.0 Å². The highest BCUT2D eigenvalue weighted by Gasteiger charge is 2.36. The van der Waals surface area contributed by atoms with Crippen molar-refractivity contribution in [3.63, 3.8) is 0 Å². The molecule has 23 heavy (non-hydrogen) atoms. The van der Waals surface area contributed by atoms with Crippen LogP contribution in [-0.2, 0) is 11.0 Å². The molecule has 122 valence electrons. The Morgan fingerprint density at radius 3 is 2.48 bits per heavy atom. The van der Waals surface area contributed by atoms with Gasteiger partial charge < -0.3 is 10.5 Å². The summed E-state index contributed by atoms with van der Waals surface area (Å²) in [4.78, 5) is 14.9. The van der Waals surface area contributed by atoms with Crippen molar-refractivity contribution in [1.29, 1.82) is 0 Å². The largest absolute Gasteiger partial charge is 0.418 e. The number of benzene rings is 1. The van der Waals surface area contributed by atoms with Gasteiger partial charge in [0.15, 0.2) is 0 Å². The first-order valence-electron chi connectivity index (χ1n) is 6.42. The molecule has 0 unspecified atom stereocenters. The second-order valence-electron chi connectivity index (χ2n) is 4.83. The number of hydrogen-bond donors (Lipinski definition) is 1. The highest BCUT2D eigenvalue weighted by Crippen LogP contribution is 2.40. The third kappa shape index (κ3) is 3.73. The lowest BCUT2D eigenvalue weighted by Crippen LogP contribution is -2.13. The highest BCUT2D eigenvalue weighted by molar-refractivity contribution is 6.30. The van der Waals surface area contributed by atoms with E-state index in [9.17, 15) is 18.0 Å². The minimum absolute atomic E-state index is 0.218. The summed E-state index contributed by atoms with van der Waals surface area (Å²) >= 11 is 5.83. The Balaban J connectivity index is 2.74. The van der Waals surface area contributed by atoms with E-state index in [2.05, 4.69) is 4.98 Å². The Kier molecular flexibility index (Phi) is 4.51. The normalized spacial score (nSPS) is 11.4. The summed E-state index contributed by atoms with van der Waals surface area (Å²) in [5.74, 6) is -1.10. The standard InChI is InChI=1S/C15H12ClF3N2O2/c1-7-5-9(16)3-4-10(7)13-11(15(17,18)19)6-12(20)14(21-13)23-8(2)22/h3-6H,20H2,1-2H3. The first-order chi connectivity index (χ1) is 10.6. The Hall–Kier alpha value is -2.28. The summed E-state index contributed by atoms with van der Waals surface area (Å²) in [6, 6.07) is 5.09. The molecule has 1 heterocycles. The summed E-state index contributed by atoms with van der Waals surface area (Å²) < 4.78 is 44.6. The van der Waals surface area contributed by atoms with E-state index in [-0.39, 0.29) is 22.8 Å². The van der Waals surface area contributed by atoms with Crippen LogP contribution in [0.5, 0.6) is 5.88 Å². The van der Waals surface area contributed by atoms with Gasteiger partial charge in [0.1, 0.15) is 0 Å². The van der Waals surface area contributed by atoms with Crippen molar-refractivity contribution in [2.24, 2.45) is 0 Å². The number of carbonyl (C=O) groups is 1. The third-order valence-electron chi connectivity index (χ3n) is 3.00. The van der Waals surface area contributed by atoms with Gasteiger partial charge in [-0.3, -0.25) is 4.79 Å². The minimum atomic E-state index is -4.67. The van der Waals surface area contributed by atoms with Gasteiger partial charge >= 0.3 is 12.1 Å². The summed E-state index contributed by atoms with van der Waals surface area (Å²) in [7, 11) is 0. The van der Waals surface area contributed by atoms with Crippen molar-refractivity contribution in [2.75, 3.05) is 5.73 Å². The lowest BCUT2D eigenvalue weighted by atomic mass is 10.0. The first-order valence-corrected chi connectivity index (χ1v) is 6.80. The fourth-order valence-corrected chi connectivity index (χ4v) is 2.27. The quantitative estimate of drug-likeness (QED) is 0.828. The lowest BCUT2D eigenvalue weighted by Gasteiger charge is -2.16. The Bertz CT molecular complexity index is 776. The lowest BCUT2D eigenvalue weighted by molar-refractivity contribution is -0.137. The molecule has 0 saturated heterocycles. The SMILES string of the molecule is CC(=O)Oc1nc(-c2ccc(Cl)cc2C)c(C(F)(F)F)cc1N. The van der Waals surface area contributed by atoms with Crippen molar-refractivity contribution < 1.29 is 22.7 Å². The van der Waals surface area contributed by atoms with E-state index < -0.39 is 17.7 Å². The Morgan fingerprint density at radius 2 is 1.96 bits per heavy atom.